The number of pyridine rings is 1. The Hall–Kier alpha value is -3.40. The average Bonchev–Trinajstić information content (AvgIpc) is 2.93. The Balaban J connectivity index is 1.63. The first-order chi connectivity index (χ1) is 13.8. The van der Waals surface area contributed by atoms with E-state index in [4.69, 9.17) is 0 Å². The van der Waals surface area contributed by atoms with Crippen LogP contribution in [0.15, 0.2) is 53.7 Å². The molecule has 3 rings (SSSR count). The number of carbonyl (C=O) groups excluding carboxylic acids is 1. The first-order valence-corrected chi connectivity index (χ1v) is 10.3. The zero-order valence-corrected chi connectivity index (χ0v) is 17.1. The smallest absolute Gasteiger partial charge is 0.319 e. The Morgan fingerprint density at radius 2 is 1.86 bits per heavy atom. The number of carbonyl (C=O) groups is 1. The maximum Gasteiger partial charge on any atom is 0.319 e. The number of nitrogens with one attached hydrogen (secondary N) is 3. The van der Waals surface area contributed by atoms with Crippen LogP contribution in [0.2, 0.25) is 0 Å². The van der Waals surface area contributed by atoms with E-state index in [0.717, 1.165) is 11.3 Å². The highest BCUT2D eigenvalue weighted by molar-refractivity contribution is 7.92. The molecule has 0 aliphatic carbocycles. The summed E-state index contributed by atoms with van der Waals surface area (Å²) in [5, 5.41) is 9.58. The Morgan fingerprint density at radius 3 is 2.45 bits per heavy atom. The standard InChI is InChI=1S/C19H22N6O3S/c1-13-18(14(2)25(3)23-13)24-29(27,28)17-8-6-16(7-9-17)22-19(26)21-12-15-5-4-10-20-11-15/h4-11,24H,12H2,1-3H3,(H2,21,22,26). The molecule has 2 aromatic heterocycles. The van der Waals surface area contributed by atoms with Crippen LogP contribution >= 0.6 is 0 Å². The molecule has 10 heteroatoms. The van der Waals surface area contributed by atoms with Gasteiger partial charge in [0.2, 0.25) is 0 Å². The number of urea groups is 1. The van der Waals surface area contributed by atoms with Crippen molar-refractivity contribution >= 4 is 27.4 Å². The summed E-state index contributed by atoms with van der Waals surface area (Å²) in [6.07, 6.45) is 3.32. The highest BCUT2D eigenvalue weighted by atomic mass is 32.2. The number of sulfonamides is 1. The second-order valence-corrected chi connectivity index (χ2v) is 8.15. The SMILES string of the molecule is Cc1nn(C)c(C)c1NS(=O)(=O)c1ccc(NC(=O)NCc2cccnc2)cc1. The van der Waals surface area contributed by atoms with Crippen LogP contribution in [0.1, 0.15) is 17.0 Å². The minimum absolute atomic E-state index is 0.0847. The van der Waals surface area contributed by atoms with Crippen molar-refractivity contribution in [2.75, 3.05) is 10.0 Å². The van der Waals surface area contributed by atoms with Crippen molar-refractivity contribution < 1.29 is 13.2 Å². The van der Waals surface area contributed by atoms with Crippen molar-refractivity contribution in [2.24, 2.45) is 7.05 Å². The predicted molar refractivity (Wildman–Crippen MR) is 110 cm³/mol. The van der Waals surface area contributed by atoms with Gasteiger partial charge in [-0.3, -0.25) is 14.4 Å². The maximum atomic E-state index is 12.7. The number of aromatic nitrogens is 3. The van der Waals surface area contributed by atoms with Gasteiger partial charge in [0.15, 0.2) is 0 Å². The lowest BCUT2D eigenvalue weighted by molar-refractivity contribution is 0.251. The molecule has 3 aromatic rings. The van der Waals surface area contributed by atoms with E-state index in [2.05, 4.69) is 25.4 Å². The summed E-state index contributed by atoms with van der Waals surface area (Å²) in [6, 6.07) is 9.16. The number of nitrogens with zero attached hydrogens (tertiary/aromatic N) is 3. The van der Waals surface area contributed by atoms with E-state index >= 15 is 0 Å². The van der Waals surface area contributed by atoms with Gasteiger partial charge in [-0.1, -0.05) is 6.07 Å². The second kappa shape index (κ2) is 8.31. The van der Waals surface area contributed by atoms with Crippen molar-refractivity contribution in [1.29, 1.82) is 0 Å². The van der Waals surface area contributed by atoms with Crippen molar-refractivity contribution in [1.82, 2.24) is 20.1 Å². The maximum absolute atomic E-state index is 12.7. The van der Waals surface area contributed by atoms with Crippen LogP contribution in [0.4, 0.5) is 16.2 Å². The Labute approximate surface area is 169 Å². The molecule has 0 aliphatic rings. The molecule has 0 aliphatic heterocycles. The third-order valence-corrected chi connectivity index (χ3v) is 5.71. The summed E-state index contributed by atoms with van der Waals surface area (Å²) in [4.78, 5) is 16.1. The van der Waals surface area contributed by atoms with Crippen molar-refractivity contribution in [3.05, 3.63) is 65.7 Å². The van der Waals surface area contributed by atoms with Gasteiger partial charge in [0, 0.05) is 31.7 Å². The van der Waals surface area contributed by atoms with Crippen LogP contribution in [-0.2, 0) is 23.6 Å². The van der Waals surface area contributed by atoms with Gasteiger partial charge < -0.3 is 10.6 Å². The van der Waals surface area contributed by atoms with Gasteiger partial charge in [-0.15, -0.1) is 0 Å². The molecule has 0 atom stereocenters. The first-order valence-electron chi connectivity index (χ1n) is 8.83. The first kappa shape index (κ1) is 20.3. The zero-order valence-electron chi connectivity index (χ0n) is 16.3. The molecule has 0 bridgehead atoms. The van der Waals surface area contributed by atoms with Gasteiger partial charge in [-0.05, 0) is 49.7 Å². The van der Waals surface area contributed by atoms with E-state index in [0.29, 0.717) is 23.6 Å². The molecule has 0 spiro atoms. The monoisotopic (exact) mass is 414 g/mol. The highest BCUT2D eigenvalue weighted by Gasteiger charge is 2.19. The van der Waals surface area contributed by atoms with E-state index in [1.54, 1.807) is 44.0 Å². The second-order valence-electron chi connectivity index (χ2n) is 6.47. The Morgan fingerprint density at radius 1 is 1.14 bits per heavy atom. The molecule has 2 heterocycles. The minimum Gasteiger partial charge on any atom is -0.334 e. The molecule has 1 aromatic carbocycles. The molecule has 0 saturated heterocycles. The molecule has 2 amide bonds. The lowest BCUT2D eigenvalue weighted by atomic mass is 10.3. The van der Waals surface area contributed by atoms with Gasteiger partial charge in [-0.2, -0.15) is 5.10 Å². The number of hydrogen-bond acceptors (Lipinski definition) is 5. The molecular weight excluding hydrogens is 392 g/mol. The molecule has 29 heavy (non-hydrogen) atoms. The fraction of sp³-hybridized carbons (Fsp3) is 0.211. The van der Waals surface area contributed by atoms with Crippen LogP contribution in [0.25, 0.3) is 0 Å². The summed E-state index contributed by atoms with van der Waals surface area (Å²) in [7, 11) is -2.03. The number of aryl methyl sites for hydroxylation is 2. The third kappa shape index (κ3) is 4.91. The summed E-state index contributed by atoms with van der Waals surface area (Å²) in [5.74, 6) is 0. The average molecular weight is 414 g/mol. The van der Waals surface area contributed by atoms with Gasteiger partial charge in [0.25, 0.3) is 10.0 Å². The molecule has 0 fully saturated rings. The fourth-order valence-electron chi connectivity index (χ4n) is 2.69. The van der Waals surface area contributed by atoms with Crippen molar-refractivity contribution in [2.45, 2.75) is 25.3 Å². The van der Waals surface area contributed by atoms with Crippen molar-refractivity contribution in [3.8, 4) is 0 Å². The van der Waals surface area contributed by atoms with Crippen LogP contribution in [0.3, 0.4) is 0 Å². The van der Waals surface area contributed by atoms with Gasteiger partial charge >= 0.3 is 6.03 Å². The van der Waals surface area contributed by atoms with Gasteiger partial charge in [-0.25, -0.2) is 13.2 Å². The van der Waals surface area contributed by atoms with E-state index in [1.165, 1.54) is 24.3 Å². The van der Waals surface area contributed by atoms with E-state index in [9.17, 15) is 13.2 Å². The van der Waals surface area contributed by atoms with Crippen LogP contribution < -0.4 is 15.4 Å². The topological polar surface area (TPSA) is 118 Å². The number of rotatable bonds is 6. The lowest BCUT2D eigenvalue weighted by Gasteiger charge is -2.10. The van der Waals surface area contributed by atoms with E-state index < -0.39 is 16.1 Å². The molecule has 0 saturated carbocycles. The van der Waals surface area contributed by atoms with E-state index in [-0.39, 0.29) is 4.90 Å². The molecule has 0 unspecified atom stereocenters. The molecule has 0 radical (unpaired) electrons. The number of hydrogen-bond donors (Lipinski definition) is 3. The Bertz CT molecular complexity index is 1110. The Kier molecular flexibility index (Phi) is 5.83. The van der Waals surface area contributed by atoms with Crippen molar-refractivity contribution in [3.63, 3.8) is 0 Å². The number of anilines is 2. The fourth-order valence-corrected chi connectivity index (χ4v) is 3.87. The lowest BCUT2D eigenvalue weighted by Crippen LogP contribution is -2.28. The number of benzene rings is 1. The third-order valence-electron chi connectivity index (χ3n) is 4.34. The van der Waals surface area contributed by atoms with Crippen LogP contribution in [-0.4, -0.2) is 29.2 Å². The van der Waals surface area contributed by atoms with Gasteiger partial charge in [0.1, 0.15) is 0 Å². The summed E-state index contributed by atoms with van der Waals surface area (Å²) in [5.41, 5.74) is 3.12. The predicted octanol–water partition coefficient (Wildman–Crippen LogP) is 2.55. The summed E-state index contributed by atoms with van der Waals surface area (Å²) >= 11 is 0. The summed E-state index contributed by atoms with van der Waals surface area (Å²) in [6.45, 7) is 3.86. The molecule has 9 nitrogen and oxygen atoms in total. The van der Waals surface area contributed by atoms with Crippen LogP contribution in [0, 0.1) is 13.8 Å². The molecule has 3 N–H and O–H groups in total. The largest absolute Gasteiger partial charge is 0.334 e. The molecular formula is C19H22N6O3S. The molecule has 152 valence electrons. The summed E-state index contributed by atoms with van der Waals surface area (Å²) < 4.78 is 29.5. The number of amides is 2. The normalized spacial score (nSPS) is 11.1. The van der Waals surface area contributed by atoms with E-state index in [1.807, 2.05) is 6.07 Å². The van der Waals surface area contributed by atoms with Crippen LogP contribution in [0.5, 0.6) is 0 Å². The minimum atomic E-state index is -3.78. The quantitative estimate of drug-likeness (QED) is 0.573. The zero-order chi connectivity index (χ0) is 21.0. The highest BCUT2D eigenvalue weighted by Crippen LogP contribution is 2.23. The van der Waals surface area contributed by atoms with Gasteiger partial charge in [0.05, 0.1) is 22.0 Å².